The Morgan fingerprint density at radius 1 is 1.03 bits per heavy atom. The molecule has 7 nitrogen and oxygen atoms in total. The van der Waals surface area contributed by atoms with Crippen LogP contribution >= 0.6 is 0 Å². The van der Waals surface area contributed by atoms with Gasteiger partial charge in [0.15, 0.2) is 0 Å². The van der Waals surface area contributed by atoms with Crippen LogP contribution < -0.4 is 0 Å². The second-order valence-electron chi connectivity index (χ2n) is 10.5. The van der Waals surface area contributed by atoms with Crippen molar-refractivity contribution in [2.75, 3.05) is 31.9 Å². The number of carbonyl (C=O) groups excluding carboxylic acids is 2. The third-order valence-corrected chi connectivity index (χ3v) is 9.79. The molecule has 1 aromatic rings. The van der Waals surface area contributed by atoms with Crippen LogP contribution in [0.15, 0.2) is 24.3 Å². The van der Waals surface area contributed by atoms with Crippen molar-refractivity contribution in [1.82, 2.24) is 14.1 Å². The molecule has 1 saturated heterocycles. The van der Waals surface area contributed by atoms with Gasteiger partial charge >= 0.3 is 0 Å². The van der Waals surface area contributed by atoms with Crippen LogP contribution in [0, 0.1) is 12.8 Å². The van der Waals surface area contributed by atoms with Gasteiger partial charge in [0.1, 0.15) is 0 Å². The summed E-state index contributed by atoms with van der Waals surface area (Å²) in [6.07, 6.45) is 8.84. The monoisotopic (exact) mass is 519 g/mol. The van der Waals surface area contributed by atoms with Gasteiger partial charge in [0.25, 0.3) is 0 Å². The second kappa shape index (κ2) is 13.6. The zero-order valence-corrected chi connectivity index (χ0v) is 23.3. The topological polar surface area (TPSA) is 78.0 Å². The number of aryl methyl sites for hydroxylation is 1. The summed E-state index contributed by atoms with van der Waals surface area (Å²) < 4.78 is 26.6. The highest BCUT2D eigenvalue weighted by molar-refractivity contribution is 7.89. The highest BCUT2D eigenvalue weighted by Crippen LogP contribution is 2.29. The molecule has 3 rings (SSSR count). The van der Waals surface area contributed by atoms with E-state index in [-0.39, 0.29) is 30.2 Å². The SMILES string of the molecule is CCCN(CC(=O)N(Cc1ccccc1C)C1CCN(C(=O)CCC2CCCC2)CC1)S(=O)(=O)CC. The molecule has 8 heteroatoms. The first kappa shape index (κ1) is 28.6. The van der Waals surface area contributed by atoms with E-state index in [1.165, 1.54) is 30.0 Å². The summed E-state index contributed by atoms with van der Waals surface area (Å²) in [5.41, 5.74) is 2.18. The molecule has 36 heavy (non-hydrogen) atoms. The highest BCUT2D eigenvalue weighted by Gasteiger charge is 2.32. The molecular weight excluding hydrogens is 474 g/mol. The molecule has 0 spiro atoms. The maximum absolute atomic E-state index is 13.6. The molecule has 0 aromatic heterocycles. The number of amides is 2. The minimum atomic E-state index is -3.46. The molecule has 0 bridgehead atoms. The normalized spacial score (nSPS) is 17.6. The zero-order chi connectivity index (χ0) is 26.1. The summed E-state index contributed by atoms with van der Waals surface area (Å²) in [5, 5.41) is 0. The van der Waals surface area contributed by atoms with Crippen LogP contribution in [0.3, 0.4) is 0 Å². The lowest BCUT2D eigenvalue weighted by molar-refractivity contribution is -0.137. The van der Waals surface area contributed by atoms with Crippen LogP contribution in [-0.4, -0.2) is 72.3 Å². The molecule has 0 N–H and O–H groups in total. The summed E-state index contributed by atoms with van der Waals surface area (Å²) in [7, 11) is -3.46. The van der Waals surface area contributed by atoms with Gasteiger partial charge in [-0.05, 0) is 56.6 Å². The first-order valence-corrected chi connectivity index (χ1v) is 15.5. The van der Waals surface area contributed by atoms with Crippen molar-refractivity contribution in [2.24, 2.45) is 5.92 Å². The molecule has 1 heterocycles. The van der Waals surface area contributed by atoms with Crippen LogP contribution in [0.2, 0.25) is 0 Å². The lowest BCUT2D eigenvalue weighted by Gasteiger charge is -2.39. The molecule has 0 atom stereocenters. The number of rotatable bonds is 12. The number of benzene rings is 1. The largest absolute Gasteiger partial charge is 0.343 e. The standard InChI is InChI=1S/C28H45N3O4S/c1-4-18-30(36(34,35)5-2)22-28(33)31(21-25-13-9-6-10-23(25)3)26-16-19-29(20-17-26)27(32)15-14-24-11-7-8-12-24/h6,9-10,13,24,26H,4-5,7-8,11-12,14-22H2,1-3H3. The van der Waals surface area contributed by atoms with Gasteiger partial charge in [0.2, 0.25) is 21.8 Å². The molecular formula is C28H45N3O4S. The molecule has 2 fully saturated rings. The van der Waals surface area contributed by atoms with Crippen molar-refractivity contribution in [3.05, 3.63) is 35.4 Å². The Kier molecular flexibility index (Phi) is 10.8. The predicted molar refractivity (Wildman–Crippen MR) is 144 cm³/mol. The highest BCUT2D eigenvalue weighted by atomic mass is 32.2. The quantitative estimate of drug-likeness (QED) is 0.411. The van der Waals surface area contributed by atoms with Gasteiger partial charge in [-0.1, -0.05) is 56.9 Å². The van der Waals surface area contributed by atoms with Gasteiger partial charge in [-0.25, -0.2) is 8.42 Å². The molecule has 0 radical (unpaired) electrons. The molecule has 1 saturated carbocycles. The van der Waals surface area contributed by atoms with E-state index in [1.807, 2.05) is 47.9 Å². The lowest BCUT2D eigenvalue weighted by atomic mass is 9.98. The summed E-state index contributed by atoms with van der Waals surface area (Å²) in [6.45, 7) is 7.55. The first-order chi connectivity index (χ1) is 17.2. The predicted octanol–water partition coefficient (Wildman–Crippen LogP) is 4.35. The minimum absolute atomic E-state index is 0.0104. The number of sulfonamides is 1. The number of piperidine rings is 1. The van der Waals surface area contributed by atoms with Gasteiger partial charge in [0.05, 0.1) is 12.3 Å². The van der Waals surface area contributed by atoms with E-state index in [0.29, 0.717) is 44.9 Å². The number of likely N-dealkylation sites (tertiary alicyclic amines) is 1. The zero-order valence-electron chi connectivity index (χ0n) is 22.5. The Morgan fingerprint density at radius 3 is 2.31 bits per heavy atom. The van der Waals surface area contributed by atoms with Crippen molar-refractivity contribution in [1.29, 1.82) is 0 Å². The van der Waals surface area contributed by atoms with Crippen LogP contribution in [0.4, 0.5) is 0 Å². The van der Waals surface area contributed by atoms with Gasteiger partial charge in [0, 0.05) is 38.6 Å². The maximum atomic E-state index is 13.6. The van der Waals surface area contributed by atoms with Crippen LogP contribution in [-0.2, 0) is 26.2 Å². The smallest absolute Gasteiger partial charge is 0.238 e. The van der Waals surface area contributed by atoms with Crippen molar-refractivity contribution in [2.45, 2.75) is 91.1 Å². The number of hydrogen-bond donors (Lipinski definition) is 0. The van der Waals surface area contributed by atoms with Crippen molar-refractivity contribution in [3.8, 4) is 0 Å². The molecule has 202 valence electrons. The molecule has 1 aliphatic carbocycles. The lowest BCUT2D eigenvalue weighted by Crippen LogP contribution is -2.51. The summed E-state index contributed by atoms with van der Waals surface area (Å²) >= 11 is 0. The van der Waals surface area contributed by atoms with E-state index in [9.17, 15) is 18.0 Å². The van der Waals surface area contributed by atoms with Crippen LogP contribution in [0.1, 0.15) is 82.8 Å². The van der Waals surface area contributed by atoms with E-state index < -0.39 is 10.0 Å². The van der Waals surface area contributed by atoms with Crippen molar-refractivity contribution >= 4 is 21.8 Å². The van der Waals surface area contributed by atoms with Crippen molar-refractivity contribution < 1.29 is 18.0 Å². The van der Waals surface area contributed by atoms with Gasteiger partial charge in [-0.2, -0.15) is 4.31 Å². The molecule has 2 amide bonds. The number of nitrogens with zero attached hydrogens (tertiary/aromatic N) is 3. The average Bonchev–Trinajstić information content (AvgIpc) is 3.40. The molecule has 1 aromatic carbocycles. The Morgan fingerprint density at radius 2 is 1.69 bits per heavy atom. The van der Waals surface area contributed by atoms with Gasteiger partial charge in [-0.3, -0.25) is 9.59 Å². The molecule has 0 unspecified atom stereocenters. The number of carbonyl (C=O) groups is 2. The Bertz CT molecular complexity index is 967. The maximum Gasteiger partial charge on any atom is 0.238 e. The van der Waals surface area contributed by atoms with Gasteiger partial charge < -0.3 is 9.80 Å². The fraction of sp³-hybridized carbons (Fsp3) is 0.714. The van der Waals surface area contributed by atoms with Crippen molar-refractivity contribution in [3.63, 3.8) is 0 Å². The first-order valence-electron chi connectivity index (χ1n) is 13.8. The Hall–Kier alpha value is -1.93. The second-order valence-corrected chi connectivity index (χ2v) is 12.7. The van der Waals surface area contributed by atoms with Crippen LogP contribution in [0.25, 0.3) is 0 Å². The molecule has 2 aliphatic rings. The minimum Gasteiger partial charge on any atom is -0.343 e. The summed E-state index contributed by atoms with van der Waals surface area (Å²) in [6, 6.07) is 8.01. The third kappa shape index (κ3) is 7.78. The van der Waals surface area contributed by atoms with E-state index in [4.69, 9.17) is 0 Å². The summed E-state index contributed by atoms with van der Waals surface area (Å²) in [4.78, 5) is 30.3. The van der Waals surface area contributed by atoms with Crippen LogP contribution in [0.5, 0.6) is 0 Å². The molecule has 1 aliphatic heterocycles. The van der Waals surface area contributed by atoms with E-state index >= 15 is 0 Å². The van der Waals surface area contributed by atoms with Gasteiger partial charge in [-0.15, -0.1) is 0 Å². The van der Waals surface area contributed by atoms with E-state index in [2.05, 4.69) is 0 Å². The van der Waals surface area contributed by atoms with E-state index in [0.717, 1.165) is 30.4 Å². The Balaban J connectivity index is 1.68. The fourth-order valence-corrected chi connectivity index (χ4v) is 6.73. The van der Waals surface area contributed by atoms with E-state index in [1.54, 1.807) is 6.92 Å². The number of hydrogen-bond acceptors (Lipinski definition) is 4. The average molecular weight is 520 g/mol. The summed E-state index contributed by atoms with van der Waals surface area (Å²) in [5.74, 6) is 0.772. The third-order valence-electron chi connectivity index (χ3n) is 7.96. The fourth-order valence-electron chi connectivity index (χ4n) is 5.59. The Labute approximate surface area is 218 Å².